The summed E-state index contributed by atoms with van der Waals surface area (Å²) < 4.78 is 10.8. The first-order valence-electron chi connectivity index (χ1n) is 11.2. The molecular formula is C25H25N3O4. The molecule has 164 valence electrons. The number of aryl methyl sites for hydroxylation is 1. The third-order valence-corrected chi connectivity index (χ3v) is 6.83. The SMILES string of the molecule is O=C(N[C@@H]1CCCc2c1[nH]c1ccccc21)[C@H]1CC(=O)N(Cc2ccc3c(c2)OCO3)C1. The van der Waals surface area contributed by atoms with E-state index in [9.17, 15) is 9.59 Å². The third-order valence-electron chi connectivity index (χ3n) is 6.83. The van der Waals surface area contributed by atoms with Gasteiger partial charge in [0.25, 0.3) is 0 Å². The fourth-order valence-corrected chi connectivity index (χ4v) is 5.21. The molecule has 0 spiro atoms. The van der Waals surface area contributed by atoms with E-state index in [1.54, 1.807) is 4.90 Å². The summed E-state index contributed by atoms with van der Waals surface area (Å²) in [6, 6.07) is 14.0. The van der Waals surface area contributed by atoms with Crippen LogP contribution in [0.25, 0.3) is 10.9 Å². The molecule has 32 heavy (non-hydrogen) atoms. The minimum Gasteiger partial charge on any atom is -0.454 e. The number of hydrogen-bond donors (Lipinski definition) is 2. The lowest BCUT2D eigenvalue weighted by Gasteiger charge is -2.25. The van der Waals surface area contributed by atoms with Gasteiger partial charge in [-0.05, 0) is 48.6 Å². The Morgan fingerprint density at radius 1 is 1.16 bits per heavy atom. The molecule has 1 saturated heterocycles. The summed E-state index contributed by atoms with van der Waals surface area (Å²) in [5.74, 6) is 1.07. The Morgan fingerprint density at radius 2 is 2.03 bits per heavy atom. The smallest absolute Gasteiger partial charge is 0.231 e. The van der Waals surface area contributed by atoms with Crippen LogP contribution in [-0.4, -0.2) is 35.0 Å². The van der Waals surface area contributed by atoms with Crippen molar-refractivity contribution in [2.45, 2.75) is 38.3 Å². The van der Waals surface area contributed by atoms with Crippen molar-refractivity contribution in [3.8, 4) is 11.5 Å². The van der Waals surface area contributed by atoms with Gasteiger partial charge in [0.05, 0.1) is 12.0 Å². The van der Waals surface area contributed by atoms with E-state index < -0.39 is 0 Å². The molecule has 7 heteroatoms. The summed E-state index contributed by atoms with van der Waals surface area (Å²) in [6.45, 7) is 1.13. The monoisotopic (exact) mass is 431 g/mol. The van der Waals surface area contributed by atoms with Crippen molar-refractivity contribution in [3.05, 3.63) is 59.3 Å². The van der Waals surface area contributed by atoms with Crippen LogP contribution in [0.15, 0.2) is 42.5 Å². The Hall–Kier alpha value is -3.48. The standard InChI is InChI=1S/C25H25N3O4/c29-23-11-16(13-28(23)12-15-8-9-21-22(10-15)32-14-31-21)25(30)27-20-7-3-5-18-17-4-1-2-6-19(17)26-24(18)20/h1-2,4,6,8-10,16,20,26H,3,5,7,11-14H2,(H,27,30)/t16-,20+/m0/s1. The van der Waals surface area contributed by atoms with E-state index in [1.807, 2.05) is 24.3 Å². The van der Waals surface area contributed by atoms with Gasteiger partial charge < -0.3 is 24.7 Å². The van der Waals surface area contributed by atoms with Crippen LogP contribution >= 0.6 is 0 Å². The molecular weight excluding hydrogens is 406 g/mol. The van der Waals surface area contributed by atoms with Gasteiger partial charge in [-0.2, -0.15) is 0 Å². The van der Waals surface area contributed by atoms with Gasteiger partial charge in [0.2, 0.25) is 18.6 Å². The average Bonchev–Trinajstić information content (AvgIpc) is 3.51. The number of ether oxygens (including phenoxy) is 2. The summed E-state index contributed by atoms with van der Waals surface area (Å²) in [5.41, 5.74) is 4.51. The van der Waals surface area contributed by atoms with E-state index in [0.29, 0.717) is 18.8 Å². The molecule has 0 saturated carbocycles. The fourth-order valence-electron chi connectivity index (χ4n) is 5.21. The largest absolute Gasteiger partial charge is 0.454 e. The molecule has 1 fully saturated rings. The zero-order valence-corrected chi connectivity index (χ0v) is 17.7. The zero-order valence-electron chi connectivity index (χ0n) is 17.7. The van der Waals surface area contributed by atoms with Crippen LogP contribution in [0.3, 0.4) is 0 Å². The second-order valence-corrected chi connectivity index (χ2v) is 8.88. The number of hydrogen-bond acceptors (Lipinski definition) is 4. The number of nitrogens with zero attached hydrogens (tertiary/aromatic N) is 1. The maximum absolute atomic E-state index is 13.1. The van der Waals surface area contributed by atoms with Crippen molar-refractivity contribution in [2.24, 2.45) is 5.92 Å². The first-order chi connectivity index (χ1) is 15.7. The maximum atomic E-state index is 13.1. The number of rotatable bonds is 4. The number of carbonyl (C=O) groups excluding carboxylic acids is 2. The van der Waals surface area contributed by atoms with Gasteiger partial charge in [-0.3, -0.25) is 9.59 Å². The van der Waals surface area contributed by atoms with E-state index in [4.69, 9.17) is 9.47 Å². The van der Waals surface area contributed by atoms with Gasteiger partial charge in [-0.15, -0.1) is 0 Å². The number of aromatic amines is 1. The number of benzene rings is 2. The highest BCUT2D eigenvalue weighted by Crippen LogP contribution is 2.36. The number of amides is 2. The molecule has 2 N–H and O–H groups in total. The molecule has 0 bridgehead atoms. The lowest BCUT2D eigenvalue weighted by Crippen LogP contribution is -2.36. The molecule has 2 amide bonds. The second kappa shape index (κ2) is 7.58. The van der Waals surface area contributed by atoms with Crippen molar-refractivity contribution in [1.82, 2.24) is 15.2 Å². The zero-order chi connectivity index (χ0) is 21.7. The summed E-state index contributed by atoms with van der Waals surface area (Å²) in [6.07, 6.45) is 3.23. The molecule has 1 aromatic heterocycles. The van der Waals surface area contributed by atoms with Crippen molar-refractivity contribution in [3.63, 3.8) is 0 Å². The first kappa shape index (κ1) is 19.2. The number of likely N-dealkylation sites (tertiary alicyclic amines) is 1. The Kier molecular flexibility index (Phi) is 4.56. The summed E-state index contributed by atoms with van der Waals surface area (Å²) >= 11 is 0. The number of carbonyl (C=O) groups is 2. The van der Waals surface area contributed by atoms with Crippen LogP contribution in [0.1, 0.15) is 42.1 Å². The normalized spacial score (nSPS) is 21.8. The van der Waals surface area contributed by atoms with Gasteiger partial charge in [0, 0.05) is 36.1 Å². The van der Waals surface area contributed by atoms with Gasteiger partial charge in [0.1, 0.15) is 0 Å². The van der Waals surface area contributed by atoms with E-state index in [2.05, 4.69) is 28.5 Å². The minimum atomic E-state index is -0.328. The number of aromatic nitrogens is 1. The van der Waals surface area contributed by atoms with E-state index in [1.165, 1.54) is 10.9 Å². The molecule has 0 unspecified atom stereocenters. The van der Waals surface area contributed by atoms with Gasteiger partial charge in [0.15, 0.2) is 11.5 Å². The van der Waals surface area contributed by atoms with Gasteiger partial charge >= 0.3 is 0 Å². The van der Waals surface area contributed by atoms with Gasteiger partial charge in [-0.1, -0.05) is 24.3 Å². The molecule has 6 rings (SSSR count). The number of fused-ring (bicyclic) bond motifs is 4. The lowest BCUT2D eigenvalue weighted by molar-refractivity contribution is -0.129. The summed E-state index contributed by atoms with van der Waals surface area (Å²) in [7, 11) is 0. The predicted octanol–water partition coefficient (Wildman–Crippen LogP) is 3.44. The van der Waals surface area contributed by atoms with Crippen LogP contribution in [0, 0.1) is 5.92 Å². The Morgan fingerprint density at radius 3 is 2.97 bits per heavy atom. The van der Waals surface area contributed by atoms with E-state index >= 15 is 0 Å². The van der Waals surface area contributed by atoms with Crippen LogP contribution in [0.5, 0.6) is 11.5 Å². The molecule has 2 atom stereocenters. The summed E-state index contributed by atoms with van der Waals surface area (Å²) in [4.78, 5) is 31.0. The number of para-hydroxylation sites is 1. The quantitative estimate of drug-likeness (QED) is 0.663. The fraction of sp³-hybridized carbons (Fsp3) is 0.360. The Bertz CT molecular complexity index is 1220. The van der Waals surface area contributed by atoms with Crippen molar-refractivity contribution in [2.75, 3.05) is 13.3 Å². The van der Waals surface area contributed by atoms with Gasteiger partial charge in [-0.25, -0.2) is 0 Å². The number of H-pyrrole nitrogens is 1. The average molecular weight is 431 g/mol. The third kappa shape index (κ3) is 3.28. The minimum absolute atomic E-state index is 0.0118. The van der Waals surface area contributed by atoms with E-state index in [-0.39, 0.29) is 37.0 Å². The molecule has 2 aromatic carbocycles. The highest BCUT2D eigenvalue weighted by Gasteiger charge is 2.36. The molecule has 1 aliphatic carbocycles. The Balaban J connectivity index is 1.14. The highest BCUT2D eigenvalue weighted by atomic mass is 16.7. The molecule has 3 heterocycles. The molecule has 2 aliphatic heterocycles. The van der Waals surface area contributed by atoms with Crippen molar-refractivity contribution >= 4 is 22.7 Å². The molecule has 3 aromatic rings. The van der Waals surface area contributed by atoms with Crippen LogP contribution in [0.4, 0.5) is 0 Å². The number of nitrogens with one attached hydrogen (secondary N) is 2. The Labute approximate surface area is 185 Å². The summed E-state index contributed by atoms with van der Waals surface area (Å²) in [5, 5.41) is 4.47. The van der Waals surface area contributed by atoms with Crippen LogP contribution in [0.2, 0.25) is 0 Å². The second-order valence-electron chi connectivity index (χ2n) is 8.88. The highest BCUT2D eigenvalue weighted by molar-refractivity contribution is 5.90. The predicted molar refractivity (Wildman–Crippen MR) is 118 cm³/mol. The lowest BCUT2D eigenvalue weighted by atomic mass is 9.91. The maximum Gasteiger partial charge on any atom is 0.231 e. The molecule has 3 aliphatic rings. The van der Waals surface area contributed by atoms with E-state index in [0.717, 1.165) is 41.8 Å². The molecule has 7 nitrogen and oxygen atoms in total. The van der Waals surface area contributed by atoms with Crippen molar-refractivity contribution < 1.29 is 19.1 Å². The topological polar surface area (TPSA) is 83.7 Å². The van der Waals surface area contributed by atoms with Crippen LogP contribution in [-0.2, 0) is 22.6 Å². The van der Waals surface area contributed by atoms with Crippen LogP contribution < -0.4 is 14.8 Å². The first-order valence-corrected chi connectivity index (χ1v) is 11.2. The molecule has 0 radical (unpaired) electrons. The van der Waals surface area contributed by atoms with Crippen molar-refractivity contribution in [1.29, 1.82) is 0 Å².